The van der Waals surface area contributed by atoms with Crippen molar-refractivity contribution < 1.29 is 19.4 Å². The lowest BCUT2D eigenvalue weighted by atomic mass is 10.1. The van der Waals surface area contributed by atoms with E-state index >= 15 is 0 Å². The Kier molecular flexibility index (Phi) is 6.64. The standard InChI is InChI=1S/C14H19BrN2O4/c1-8-4-9(2)13(11(15)5-8)17-14(20)16-7-10(21-3)6-12(18)19/h4-5,10H,6-7H2,1-3H3,(H,18,19)(H2,16,17,20). The minimum Gasteiger partial charge on any atom is -0.481 e. The van der Waals surface area contributed by atoms with E-state index in [0.717, 1.165) is 15.6 Å². The zero-order chi connectivity index (χ0) is 16.0. The minimum absolute atomic E-state index is 0.122. The van der Waals surface area contributed by atoms with Crippen molar-refractivity contribution in [1.82, 2.24) is 5.32 Å². The maximum atomic E-state index is 11.9. The Labute approximate surface area is 132 Å². The Morgan fingerprint density at radius 2 is 2.05 bits per heavy atom. The van der Waals surface area contributed by atoms with Crippen molar-refractivity contribution in [3.8, 4) is 0 Å². The number of halogens is 1. The highest BCUT2D eigenvalue weighted by atomic mass is 79.9. The van der Waals surface area contributed by atoms with Gasteiger partial charge >= 0.3 is 12.0 Å². The molecule has 3 N–H and O–H groups in total. The van der Waals surface area contributed by atoms with Crippen LogP contribution in [0.1, 0.15) is 17.5 Å². The molecule has 6 nitrogen and oxygen atoms in total. The van der Waals surface area contributed by atoms with Gasteiger partial charge in [-0.1, -0.05) is 6.07 Å². The molecule has 2 amide bonds. The number of benzene rings is 1. The molecule has 1 aromatic rings. The number of aryl methyl sites for hydroxylation is 2. The molecule has 1 aromatic carbocycles. The summed E-state index contributed by atoms with van der Waals surface area (Å²) in [6.07, 6.45) is -0.722. The molecule has 1 atom stereocenters. The zero-order valence-corrected chi connectivity index (χ0v) is 13.8. The first kappa shape index (κ1) is 17.5. The summed E-state index contributed by atoms with van der Waals surface area (Å²) >= 11 is 3.41. The van der Waals surface area contributed by atoms with Gasteiger partial charge in [-0.15, -0.1) is 0 Å². The van der Waals surface area contributed by atoms with Crippen LogP contribution in [0.5, 0.6) is 0 Å². The third-order valence-electron chi connectivity index (χ3n) is 2.90. The summed E-state index contributed by atoms with van der Waals surface area (Å²) in [6, 6.07) is 3.46. The molecule has 0 aliphatic rings. The second kappa shape index (κ2) is 7.99. The van der Waals surface area contributed by atoms with Crippen LogP contribution in [-0.4, -0.2) is 36.9 Å². The van der Waals surface area contributed by atoms with Gasteiger partial charge in [-0.2, -0.15) is 0 Å². The third kappa shape index (κ3) is 5.73. The summed E-state index contributed by atoms with van der Waals surface area (Å²) in [4.78, 5) is 22.5. The molecule has 1 rings (SSSR count). The van der Waals surface area contributed by atoms with Crippen molar-refractivity contribution in [2.75, 3.05) is 19.0 Å². The van der Waals surface area contributed by atoms with E-state index < -0.39 is 18.1 Å². The number of carboxylic acids is 1. The lowest BCUT2D eigenvalue weighted by Crippen LogP contribution is -2.37. The Morgan fingerprint density at radius 3 is 2.57 bits per heavy atom. The summed E-state index contributed by atoms with van der Waals surface area (Å²) < 4.78 is 5.79. The maximum Gasteiger partial charge on any atom is 0.319 e. The third-order valence-corrected chi connectivity index (χ3v) is 3.52. The van der Waals surface area contributed by atoms with Gasteiger partial charge in [0.15, 0.2) is 0 Å². The summed E-state index contributed by atoms with van der Waals surface area (Å²) in [5, 5.41) is 14.0. The number of carbonyl (C=O) groups excluding carboxylic acids is 1. The van der Waals surface area contributed by atoms with Gasteiger partial charge in [0.2, 0.25) is 0 Å². The summed E-state index contributed by atoms with van der Waals surface area (Å²) in [6.45, 7) is 3.99. The van der Waals surface area contributed by atoms with Crippen molar-refractivity contribution >= 4 is 33.6 Å². The zero-order valence-electron chi connectivity index (χ0n) is 12.2. The molecule has 0 radical (unpaired) electrons. The fourth-order valence-corrected chi connectivity index (χ4v) is 2.64. The largest absolute Gasteiger partial charge is 0.481 e. The molecule has 116 valence electrons. The van der Waals surface area contributed by atoms with Crippen LogP contribution >= 0.6 is 15.9 Å². The van der Waals surface area contributed by atoms with E-state index in [0.29, 0.717) is 5.69 Å². The number of hydrogen-bond donors (Lipinski definition) is 3. The number of urea groups is 1. The molecule has 0 bridgehead atoms. The first-order chi connectivity index (χ1) is 9.83. The van der Waals surface area contributed by atoms with Gasteiger partial charge in [-0.25, -0.2) is 4.79 Å². The lowest BCUT2D eigenvalue weighted by Gasteiger charge is -2.16. The molecular formula is C14H19BrN2O4. The highest BCUT2D eigenvalue weighted by molar-refractivity contribution is 9.10. The smallest absolute Gasteiger partial charge is 0.319 e. The molecule has 21 heavy (non-hydrogen) atoms. The van der Waals surface area contributed by atoms with Gasteiger partial charge in [0.25, 0.3) is 0 Å². The number of hydrogen-bond acceptors (Lipinski definition) is 3. The van der Waals surface area contributed by atoms with Gasteiger partial charge < -0.3 is 20.5 Å². The first-order valence-electron chi connectivity index (χ1n) is 6.39. The number of ether oxygens (including phenoxy) is 1. The van der Waals surface area contributed by atoms with Crippen LogP contribution in [0.25, 0.3) is 0 Å². The van der Waals surface area contributed by atoms with E-state index in [1.165, 1.54) is 7.11 Å². The van der Waals surface area contributed by atoms with E-state index in [1.54, 1.807) is 0 Å². The molecule has 1 unspecified atom stereocenters. The van der Waals surface area contributed by atoms with Crippen LogP contribution in [0.3, 0.4) is 0 Å². The van der Waals surface area contributed by atoms with Crippen LogP contribution in [0.4, 0.5) is 10.5 Å². The molecule has 0 saturated carbocycles. The molecular weight excluding hydrogens is 340 g/mol. The normalized spacial score (nSPS) is 11.8. The highest BCUT2D eigenvalue weighted by Gasteiger charge is 2.14. The molecule has 0 spiro atoms. The van der Waals surface area contributed by atoms with Crippen molar-refractivity contribution in [3.63, 3.8) is 0 Å². The molecule has 0 aliphatic carbocycles. The second-order valence-electron chi connectivity index (χ2n) is 4.73. The lowest BCUT2D eigenvalue weighted by molar-refractivity contribution is -0.139. The van der Waals surface area contributed by atoms with Gasteiger partial charge in [-0.05, 0) is 47.0 Å². The van der Waals surface area contributed by atoms with Crippen molar-refractivity contribution in [3.05, 3.63) is 27.7 Å². The topological polar surface area (TPSA) is 87.7 Å². The first-order valence-corrected chi connectivity index (χ1v) is 7.19. The molecule has 0 aromatic heterocycles. The van der Waals surface area contributed by atoms with E-state index in [9.17, 15) is 9.59 Å². The van der Waals surface area contributed by atoms with Crippen LogP contribution in [0, 0.1) is 13.8 Å². The average Bonchev–Trinajstić information content (AvgIpc) is 2.38. The van der Waals surface area contributed by atoms with Gasteiger partial charge in [0.1, 0.15) is 0 Å². The van der Waals surface area contributed by atoms with Gasteiger partial charge in [0.05, 0.1) is 18.2 Å². The molecule has 0 fully saturated rings. The SMILES string of the molecule is COC(CNC(=O)Nc1c(C)cc(C)cc1Br)CC(=O)O. The van der Waals surface area contributed by atoms with Crippen molar-refractivity contribution in [2.45, 2.75) is 26.4 Å². The minimum atomic E-state index is -0.971. The van der Waals surface area contributed by atoms with E-state index in [1.807, 2.05) is 26.0 Å². The number of rotatable bonds is 6. The van der Waals surface area contributed by atoms with E-state index in [4.69, 9.17) is 9.84 Å². The second-order valence-corrected chi connectivity index (χ2v) is 5.58. The summed E-state index contributed by atoms with van der Waals surface area (Å²) in [5.41, 5.74) is 2.71. The quantitative estimate of drug-likeness (QED) is 0.729. The van der Waals surface area contributed by atoms with Crippen molar-refractivity contribution in [2.24, 2.45) is 0 Å². The van der Waals surface area contributed by atoms with Crippen LogP contribution in [0.2, 0.25) is 0 Å². The number of methoxy groups -OCH3 is 1. The molecule has 7 heteroatoms. The Bertz CT molecular complexity index is 511. The van der Waals surface area contributed by atoms with Gasteiger partial charge in [0, 0.05) is 18.1 Å². The van der Waals surface area contributed by atoms with Crippen LogP contribution < -0.4 is 10.6 Å². The predicted molar refractivity (Wildman–Crippen MR) is 83.7 cm³/mol. The predicted octanol–water partition coefficient (Wildman–Crippen LogP) is 2.68. The van der Waals surface area contributed by atoms with Crippen LogP contribution in [-0.2, 0) is 9.53 Å². The number of anilines is 1. The molecule has 0 heterocycles. The number of carboxylic acid groups (broad SMARTS) is 1. The number of aliphatic carboxylic acids is 1. The summed E-state index contributed by atoms with van der Waals surface area (Å²) in [7, 11) is 1.41. The van der Waals surface area contributed by atoms with Crippen LogP contribution in [0.15, 0.2) is 16.6 Å². The average molecular weight is 359 g/mol. The maximum absolute atomic E-state index is 11.9. The summed E-state index contributed by atoms with van der Waals surface area (Å²) in [5.74, 6) is -0.971. The fraction of sp³-hybridized carbons (Fsp3) is 0.429. The highest BCUT2D eigenvalue weighted by Crippen LogP contribution is 2.27. The number of nitrogens with one attached hydrogen (secondary N) is 2. The fourth-order valence-electron chi connectivity index (χ4n) is 1.87. The Hall–Kier alpha value is -1.60. The Balaban J connectivity index is 2.60. The number of amides is 2. The monoisotopic (exact) mass is 358 g/mol. The van der Waals surface area contributed by atoms with Gasteiger partial charge in [-0.3, -0.25) is 4.79 Å². The van der Waals surface area contributed by atoms with Crippen molar-refractivity contribution in [1.29, 1.82) is 0 Å². The molecule has 0 aliphatic heterocycles. The Morgan fingerprint density at radius 1 is 1.38 bits per heavy atom. The molecule has 0 saturated heterocycles. The number of carbonyl (C=O) groups is 2. The van der Waals surface area contributed by atoms with E-state index in [2.05, 4.69) is 26.6 Å². The van der Waals surface area contributed by atoms with E-state index in [-0.39, 0.29) is 13.0 Å².